The molecule has 1 aromatic carbocycles. The summed E-state index contributed by atoms with van der Waals surface area (Å²) in [6.45, 7) is 2.94. The van der Waals surface area contributed by atoms with Gasteiger partial charge in [-0.25, -0.2) is 9.37 Å². The second-order valence-electron chi connectivity index (χ2n) is 6.79. The highest BCUT2D eigenvalue weighted by Crippen LogP contribution is 2.26. The number of aromatic nitrogens is 5. The summed E-state index contributed by atoms with van der Waals surface area (Å²) in [5.41, 5.74) is 0.885. The molecule has 0 bridgehead atoms. The van der Waals surface area contributed by atoms with Gasteiger partial charge in [0.05, 0.1) is 12.3 Å². The maximum absolute atomic E-state index is 13.4. The first-order valence-electron chi connectivity index (χ1n) is 9.22. The average molecular weight is 387 g/mol. The van der Waals surface area contributed by atoms with Gasteiger partial charge >= 0.3 is 0 Å². The fraction of sp³-hybridized carbons (Fsp3) is 0.421. The Hall–Kier alpha value is -2.19. The number of benzene rings is 1. The summed E-state index contributed by atoms with van der Waals surface area (Å²) in [5, 5.41) is 9.69. The predicted octanol–water partition coefficient (Wildman–Crippen LogP) is 3.42. The molecule has 8 heteroatoms. The third-order valence-corrected chi connectivity index (χ3v) is 5.78. The topological polar surface area (TPSA) is 51.8 Å². The van der Waals surface area contributed by atoms with E-state index >= 15 is 0 Å². The Bertz CT molecular complexity index is 882. The van der Waals surface area contributed by atoms with Crippen molar-refractivity contribution < 1.29 is 4.39 Å². The Morgan fingerprint density at radius 2 is 1.81 bits per heavy atom. The lowest BCUT2D eigenvalue weighted by Gasteiger charge is -2.26. The van der Waals surface area contributed by atoms with Crippen LogP contribution in [-0.4, -0.2) is 42.3 Å². The molecule has 4 rings (SSSR count). The summed E-state index contributed by atoms with van der Waals surface area (Å²) in [4.78, 5) is 6.79. The smallest absolute Gasteiger partial charge is 0.196 e. The van der Waals surface area contributed by atoms with Crippen molar-refractivity contribution in [3.8, 4) is 5.69 Å². The predicted molar refractivity (Wildman–Crippen MR) is 103 cm³/mol. The molecule has 1 aliphatic heterocycles. The van der Waals surface area contributed by atoms with Crippen molar-refractivity contribution in [2.24, 2.45) is 7.05 Å². The fourth-order valence-electron chi connectivity index (χ4n) is 3.33. The minimum absolute atomic E-state index is 0.244. The number of aryl methyl sites for hydroxylation is 1. The van der Waals surface area contributed by atoms with Gasteiger partial charge in [0.25, 0.3) is 0 Å². The highest BCUT2D eigenvalue weighted by molar-refractivity contribution is 7.98. The molecule has 0 N–H and O–H groups in total. The van der Waals surface area contributed by atoms with E-state index in [0.29, 0.717) is 5.75 Å². The van der Waals surface area contributed by atoms with Crippen LogP contribution in [0.5, 0.6) is 0 Å². The first-order valence-corrected chi connectivity index (χ1v) is 10.2. The number of piperidine rings is 1. The third-order valence-electron chi connectivity index (χ3n) is 4.85. The van der Waals surface area contributed by atoms with Crippen molar-refractivity contribution in [2.45, 2.75) is 36.7 Å². The van der Waals surface area contributed by atoms with Gasteiger partial charge in [0.2, 0.25) is 0 Å². The van der Waals surface area contributed by atoms with Crippen LogP contribution in [-0.2, 0) is 19.3 Å². The lowest BCUT2D eigenvalue weighted by atomic mass is 10.1. The zero-order valence-corrected chi connectivity index (χ0v) is 16.2. The van der Waals surface area contributed by atoms with Gasteiger partial charge in [-0.2, -0.15) is 0 Å². The fourth-order valence-corrected chi connectivity index (χ4v) is 4.30. The number of imidazole rings is 1. The minimum Gasteiger partial charge on any atom is -0.337 e. The summed E-state index contributed by atoms with van der Waals surface area (Å²) >= 11 is 1.59. The molecule has 0 saturated carbocycles. The van der Waals surface area contributed by atoms with Gasteiger partial charge in [-0.15, -0.1) is 10.2 Å². The van der Waals surface area contributed by atoms with Gasteiger partial charge in [0.1, 0.15) is 11.6 Å². The van der Waals surface area contributed by atoms with Gasteiger partial charge in [-0.1, -0.05) is 18.2 Å². The van der Waals surface area contributed by atoms with Crippen molar-refractivity contribution in [3.05, 3.63) is 54.1 Å². The Balaban J connectivity index is 1.61. The molecule has 1 fully saturated rings. The molecule has 1 saturated heterocycles. The third kappa shape index (κ3) is 4.22. The summed E-state index contributed by atoms with van der Waals surface area (Å²) in [6, 6.07) is 6.52. The molecule has 3 heterocycles. The molecule has 1 aliphatic rings. The molecule has 0 radical (unpaired) electrons. The van der Waals surface area contributed by atoms with Crippen LogP contribution < -0.4 is 0 Å². The molecule has 0 amide bonds. The Morgan fingerprint density at radius 1 is 1.04 bits per heavy atom. The highest BCUT2D eigenvalue weighted by atomic mass is 32.2. The van der Waals surface area contributed by atoms with Crippen molar-refractivity contribution in [2.75, 3.05) is 13.1 Å². The molecule has 142 valence electrons. The highest BCUT2D eigenvalue weighted by Gasteiger charge is 2.19. The lowest BCUT2D eigenvalue weighted by Crippen LogP contribution is -2.30. The van der Waals surface area contributed by atoms with Crippen LogP contribution in [0.25, 0.3) is 5.69 Å². The molecule has 3 aromatic rings. The van der Waals surface area contributed by atoms with Crippen LogP contribution in [0.1, 0.15) is 30.9 Å². The Morgan fingerprint density at radius 3 is 2.52 bits per heavy atom. The van der Waals surface area contributed by atoms with Crippen molar-refractivity contribution in [3.63, 3.8) is 0 Å². The van der Waals surface area contributed by atoms with Crippen LogP contribution in [0.2, 0.25) is 0 Å². The zero-order valence-electron chi connectivity index (χ0n) is 15.4. The summed E-state index contributed by atoms with van der Waals surface area (Å²) in [5.74, 6) is 2.33. The number of hydrogen-bond acceptors (Lipinski definition) is 5. The quantitative estimate of drug-likeness (QED) is 0.608. The second kappa shape index (κ2) is 8.22. The van der Waals surface area contributed by atoms with E-state index in [4.69, 9.17) is 0 Å². The van der Waals surface area contributed by atoms with E-state index in [1.807, 2.05) is 22.4 Å². The maximum atomic E-state index is 13.4. The molecular formula is C19H23FN6S. The Kier molecular flexibility index (Phi) is 5.54. The van der Waals surface area contributed by atoms with Gasteiger partial charge in [-0.3, -0.25) is 9.47 Å². The van der Waals surface area contributed by atoms with Crippen LogP contribution in [0, 0.1) is 5.82 Å². The second-order valence-corrected chi connectivity index (χ2v) is 7.73. The number of thioether (sulfide) groups is 1. The SMILES string of the molecule is Cn1ccnc1CSc1nnc(CN2CCCCC2)n1-c1ccc(F)cc1. The molecule has 0 aliphatic carbocycles. The Labute approximate surface area is 162 Å². The normalized spacial score (nSPS) is 15.3. The van der Waals surface area contributed by atoms with E-state index in [9.17, 15) is 4.39 Å². The van der Waals surface area contributed by atoms with Crippen molar-refractivity contribution in [1.29, 1.82) is 0 Å². The van der Waals surface area contributed by atoms with Crippen LogP contribution in [0.4, 0.5) is 4.39 Å². The molecule has 0 atom stereocenters. The lowest BCUT2D eigenvalue weighted by molar-refractivity contribution is 0.214. The summed E-state index contributed by atoms with van der Waals surface area (Å²) < 4.78 is 17.5. The van der Waals surface area contributed by atoms with Gasteiger partial charge < -0.3 is 4.57 Å². The van der Waals surface area contributed by atoms with E-state index in [0.717, 1.165) is 42.1 Å². The minimum atomic E-state index is -0.244. The van der Waals surface area contributed by atoms with E-state index in [-0.39, 0.29) is 5.82 Å². The van der Waals surface area contributed by atoms with E-state index in [1.165, 1.54) is 31.4 Å². The molecule has 2 aromatic heterocycles. The largest absolute Gasteiger partial charge is 0.337 e. The maximum Gasteiger partial charge on any atom is 0.196 e. The van der Waals surface area contributed by atoms with Gasteiger partial charge in [0.15, 0.2) is 11.0 Å². The molecule has 0 unspecified atom stereocenters. The van der Waals surface area contributed by atoms with Crippen LogP contribution >= 0.6 is 11.8 Å². The van der Waals surface area contributed by atoms with Crippen LogP contribution in [0.15, 0.2) is 41.8 Å². The number of halogens is 1. The summed E-state index contributed by atoms with van der Waals surface area (Å²) in [6.07, 6.45) is 7.48. The van der Waals surface area contributed by atoms with Crippen molar-refractivity contribution >= 4 is 11.8 Å². The van der Waals surface area contributed by atoms with E-state index < -0.39 is 0 Å². The average Bonchev–Trinajstić information content (AvgIpc) is 3.27. The van der Waals surface area contributed by atoms with E-state index in [2.05, 4.69) is 20.1 Å². The first kappa shape index (κ1) is 18.2. The van der Waals surface area contributed by atoms with Crippen LogP contribution in [0.3, 0.4) is 0 Å². The number of likely N-dealkylation sites (tertiary alicyclic amines) is 1. The number of hydrogen-bond donors (Lipinski definition) is 0. The summed E-state index contributed by atoms with van der Waals surface area (Å²) in [7, 11) is 1.98. The van der Waals surface area contributed by atoms with Gasteiger partial charge in [-0.05, 0) is 50.2 Å². The monoisotopic (exact) mass is 386 g/mol. The van der Waals surface area contributed by atoms with Gasteiger partial charge in [0, 0.05) is 25.1 Å². The number of nitrogens with zero attached hydrogens (tertiary/aromatic N) is 6. The van der Waals surface area contributed by atoms with E-state index in [1.54, 1.807) is 30.1 Å². The number of rotatable bonds is 6. The first-order chi connectivity index (χ1) is 13.2. The zero-order chi connectivity index (χ0) is 18.6. The molecule has 27 heavy (non-hydrogen) atoms. The molecule has 6 nitrogen and oxygen atoms in total. The molecular weight excluding hydrogens is 363 g/mol. The van der Waals surface area contributed by atoms with Crippen molar-refractivity contribution in [1.82, 2.24) is 29.2 Å². The standard InChI is InChI=1S/C19H23FN6S/c1-24-12-9-21-18(24)14-27-19-23-22-17(13-25-10-3-2-4-11-25)26(19)16-7-5-15(20)6-8-16/h5-9,12H,2-4,10-11,13-14H2,1H3. The molecule has 0 spiro atoms.